The molecule has 144 valence electrons. The lowest BCUT2D eigenvalue weighted by Crippen LogP contribution is -2.19. The summed E-state index contributed by atoms with van der Waals surface area (Å²) in [5.41, 5.74) is 9.20. The average Bonchev–Trinajstić information content (AvgIpc) is 2.62. The normalized spacial score (nSPS) is 12.3. The van der Waals surface area contributed by atoms with Crippen molar-refractivity contribution in [2.24, 2.45) is 0 Å². The molecule has 0 atom stereocenters. The van der Waals surface area contributed by atoms with Crippen LogP contribution in [0.25, 0.3) is 5.70 Å². The first-order valence-corrected chi connectivity index (χ1v) is 9.58. The Morgan fingerprint density at radius 2 is 1.52 bits per heavy atom. The molecule has 0 bridgehead atoms. The monoisotopic (exact) mass is 361 g/mol. The highest BCUT2D eigenvalue weighted by molar-refractivity contribution is 5.66. The molecule has 0 heterocycles. The van der Waals surface area contributed by atoms with Crippen molar-refractivity contribution in [2.45, 2.75) is 54.9 Å². The van der Waals surface area contributed by atoms with E-state index in [0.29, 0.717) is 0 Å². The molecule has 0 aromatic heterocycles. The molecule has 0 aliphatic heterocycles. The van der Waals surface area contributed by atoms with Gasteiger partial charge >= 0.3 is 0 Å². The lowest BCUT2D eigenvalue weighted by molar-refractivity contribution is 0.614. The fourth-order valence-corrected chi connectivity index (χ4v) is 2.56. The number of benzene rings is 1. The Bertz CT molecular complexity index is 791. The van der Waals surface area contributed by atoms with E-state index in [4.69, 9.17) is 0 Å². The molecule has 1 rings (SSSR count). The minimum absolute atomic E-state index is 0.967. The van der Waals surface area contributed by atoms with Gasteiger partial charge in [0, 0.05) is 17.1 Å². The topological polar surface area (TPSA) is 3.24 Å². The van der Waals surface area contributed by atoms with Gasteiger partial charge in [-0.25, -0.2) is 0 Å². The van der Waals surface area contributed by atoms with Crippen LogP contribution in [0.15, 0.2) is 89.8 Å². The molecule has 1 nitrogen and oxygen atoms in total. The Hall–Kier alpha value is -2.54. The van der Waals surface area contributed by atoms with Crippen molar-refractivity contribution in [3.63, 3.8) is 0 Å². The van der Waals surface area contributed by atoms with E-state index < -0.39 is 0 Å². The van der Waals surface area contributed by atoms with Crippen LogP contribution in [0.3, 0.4) is 0 Å². The molecule has 1 aromatic carbocycles. The average molecular weight is 362 g/mol. The van der Waals surface area contributed by atoms with Gasteiger partial charge in [-0.15, -0.1) is 0 Å². The number of allylic oxidation sites excluding steroid dienone is 8. The molecule has 27 heavy (non-hydrogen) atoms. The fourth-order valence-electron chi connectivity index (χ4n) is 2.56. The SMILES string of the molecule is C=C(C)/C=C\C(=C(C)C)N(C(=C)c1ccc(C)cc1)/C(C)=C/C=C(\C)CC. The van der Waals surface area contributed by atoms with Gasteiger partial charge in [-0.3, -0.25) is 0 Å². The first kappa shape index (κ1) is 22.5. The quantitative estimate of drug-likeness (QED) is 0.424. The number of nitrogens with zero attached hydrogens (tertiary/aromatic N) is 1. The molecule has 0 fully saturated rings. The van der Waals surface area contributed by atoms with Crippen LogP contribution in [-0.4, -0.2) is 4.90 Å². The molecule has 0 radical (unpaired) electrons. The first-order valence-electron chi connectivity index (χ1n) is 9.58. The maximum atomic E-state index is 4.43. The Balaban J connectivity index is 3.51. The van der Waals surface area contributed by atoms with Crippen LogP contribution in [0, 0.1) is 6.92 Å². The summed E-state index contributed by atoms with van der Waals surface area (Å²) in [6.45, 7) is 23.3. The van der Waals surface area contributed by atoms with Crippen LogP contribution < -0.4 is 0 Å². The van der Waals surface area contributed by atoms with Crippen molar-refractivity contribution in [1.82, 2.24) is 4.90 Å². The van der Waals surface area contributed by atoms with Gasteiger partial charge in [0.2, 0.25) is 0 Å². The van der Waals surface area contributed by atoms with Gasteiger partial charge < -0.3 is 4.90 Å². The minimum atomic E-state index is 0.967. The van der Waals surface area contributed by atoms with Crippen molar-refractivity contribution in [2.75, 3.05) is 0 Å². The minimum Gasteiger partial charge on any atom is -0.315 e. The third-order valence-electron chi connectivity index (χ3n) is 4.45. The van der Waals surface area contributed by atoms with E-state index in [1.807, 2.05) is 6.92 Å². The van der Waals surface area contributed by atoms with Crippen LogP contribution in [0.2, 0.25) is 0 Å². The summed E-state index contributed by atoms with van der Waals surface area (Å²) in [5, 5.41) is 0. The Morgan fingerprint density at radius 1 is 0.926 bits per heavy atom. The Labute approximate surface area is 166 Å². The summed E-state index contributed by atoms with van der Waals surface area (Å²) < 4.78 is 0. The van der Waals surface area contributed by atoms with Crippen molar-refractivity contribution in [1.29, 1.82) is 0 Å². The van der Waals surface area contributed by atoms with Crippen LogP contribution in [0.5, 0.6) is 0 Å². The van der Waals surface area contributed by atoms with E-state index >= 15 is 0 Å². The van der Waals surface area contributed by atoms with E-state index in [-0.39, 0.29) is 0 Å². The van der Waals surface area contributed by atoms with E-state index in [0.717, 1.165) is 34.6 Å². The third kappa shape index (κ3) is 6.94. The molecule has 0 saturated heterocycles. The zero-order chi connectivity index (χ0) is 20.6. The predicted octanol–water partition coefficient (Wildman–Crippen LogP) is 7.95. The Morgan fingerprint density at radius 3 is 2.00 bits per heavy atom. The smallest absolute Gasteiger partial charge is 0.0458 e. The highest BCUT2D eigenvalue weighted by Gasteiger charge is 2.16. The summed E-state index contributed by atoms with van der Waals surface area (Å²) in [4.78, 5) is 2.24. The molecule has 0 unspecified atom stereocenters. The van der Waals surface area contributed by atoms with Gasteiger partial charge in [0.25, 0.3) is 0 Å². The lowest BCUT2D eigenvalue weighted by atomic mass is 10.1. The second-order valence-corrected chi connectivity index (χ2v) is 7.39. The predicted molar refractivity (Wildman–Crippen MR) is 122 cm³/mol. The summed E-state index contributed by atoms with van der Waals surface area (Å²) in [7, 11) is 0. The fraction of sp³-hybridized carbons (Fsp3) is 0.308. The van der Waals surface area contributed by atoms with E-state index in [1.165, 1.54) is 16.7 Å². The van der Waals surface area contributed by atoms with Crippen molar-refractivity contribution in [3.8, 4) is 0 Å². The molecule has 0 aliphatic rings. The maximum Gasteiger partial charge on any atom is 0.0458 e. The molecular weight excluding hydrogens is 326 g/mol. The molecule has 1 aromatic rings. The van der Waals surface area contributed by atoms with Crippen LogP contribution in [0.4, 0.5) is 0 Å². The third-order valence-corrected chi connectivity index (χ3v) is 4.45. The van der Waals surface area contributed by atoms with E-state index in [9.17, 15) is 0 Å². The summed E-state index contributed by atoms with van der Waals surface area (Å²) in [6.07, 6.45) is 9.60. The van der Waals surface area contributed by atoms with E-state index in [1.54, 1.807) is 0 Å². The molecule has 0 aliphatic carbocycles. The summed E-state index contributed by atoms with van der Waals surface area (Å²) in [5.74, 6) is 0. The molecule has 0 N–H and O–H groups in total. The van der Waals surface area contributed by atoms with Gasteiger partial charge in [0.15, 0.2) is 0 Å². The maximum absolute atomic E-state index is 4.43. The van der Waals surface area contributed by atoms with Crippen LogP contribution in [-0.2, 0) is 0 Å². The van der Waals surface area contributed by atoms with Gasteiger partial charge in [-0.1, -0.05) is 78.8 Å². The number of hydrogen-bond donors (Lipinski definition) is 0. The largest absolute Gasteiger partial charge is 0.315 e. The van der Waals surface area contributed by atoms with Crippen molar-refractivity contribution < 1.29 is 0 Å². The Kier molecular flexibility index (Phi) is 8.81. The van der Waals surface area contributed by atoms with Gasteiger partial charge in [-0.05, 0) is 65.7 Å². The van der Waals surface area contributed by atoms with Gasteiger partial charge in [0.1, 0.15) is 0 Å². The highest BCUT2D eigenvalue weighted by atomic mass is 15.2. The standard InChI is InChI=1S/C26H35N/c1-10-21(6)12-15-23(8)27(26(20(4)5)18-11-19(2)3)24(9)25-16-13-22(7)14-17-25/h11-18H,2,9-10H2,1,3-8H3/b18-11-,21-12+,23-15+. The molecular formula is C26H35N. The summed E-state index contributed by atoms with van der Waals surface area (Å²) >= 11 is 0. The molecule has 1 heteroatoms. The number of aryl methyl sites for hydroxylation is 1. The summed E-state index contributed by atoms with van der Waals surface area (Å²) in [6, 6.07) is 8.53. The van der Waals surface area contributed by atoms with E-state index in [2.05, 4.69) is 108 Å². The van der Waals surface area contributed by atoms with Crippen LogP contribution >= 0.6 is 0 Å². The van der Waals surface area contributed by atoms with Gasteiger partial charge in [-0.2, -0.15) is 0 Å². The first-order chi connectivity index (χ1) is 12.7. The van der Waals surface area contributed by atoms with Gasteiger partial charge in [0.05, 0.1) is 0 Å². The molecule has 0 saturated carbocycles. The van der Waals surface area contributed by atoms with Crippen molar-refractivity contribution in [3.05, 3.63) is 101 Å². The highest BCUT2D eigenvalue weighted by Crippen LogP contribution is 2.29. The molecule has 0 spiro atoms. The second-order valence-electron chi connectivity index (χ2n) is 7.39. The lowest BCUT2D eigenvalue weighted by Gasteiger charge is -2.30. The van der Waals surface area contributed by atoms with Crippen molar-refractivity contribution >= 4 is 5.70 Å². The number of rotatable bonds is 8. The zero-order valence-electron chi connectivity index (χ0n) is 18.2. The zero-order valence-corrected chi connectivity index (χ0v) is 18.2. The molecule has 0 amide bonds. The second kappa shape index (κ2) is 10.6. The number of hydrogen-bond acceptors (Lipinski definition) is 1. The van der Waals surface area contributed by atoms with Crippen LogP contribution in [0.1, 0.15) is 59.1 Å².